The first kappa shape index (κ1) is 29.7. The van der Waals surface area contributed by atoms with E-state index in [2.05, 4.69) is 31.2 Å². The van der Waals surface area contributed by atoms with Gasteiger partial charge in [-0.25, -0.2) is 13.2 Å². The first-order chi connectivity index (χ1) is 18.9. The Morgan fingerprint density at radius 3 is 1.72 bits per heavy atom. The number of unbranched alkanes of at least 4 members (excludes halogenated alkanes) is 4. The molecule has 0 nitrogen and oxygen atoms in total. The zero-order valence-corrected chi connectivity index (χ0v) is 24.0. The molecule has 4 heteroatoms. The van der Waals surface area contributed by atoms with Gasteiger partial charge < -0.3 is 0 Å². The van der Waals surface area contributed by atoms with Crippen LogP contribution in [0.2, 0.25) is 5.02 Å². The maximum absolute atomic E-state index is 14.8. The molecule has 1 fully saturated rings. The first-order valence-corrected chi connectivity index (χ1v) is 15.3. The maximum Gasteiger partial charge on any atom is 0.142 e. The van der Waals surface area contributed by atoms with E-state index >= 15 is 0 Å². The Hall–Kier alpha value is -2.26. The highest BCUT2D eigenvalue weighted by atomic mass is 35.5. The van der Waals surface area contributed by atoms with E-state index in [1.54, 1.807) is 0 Å². The number of hydrogen-bond acceptors (Lipinski definition) is 0. The van der Waals surface area contributed by atoms with Crippen molar-refractivity contribution in [3.8, 4) is 11.1 Å². The normalized spacial score (nSPS) is 17.5. The largest absolute Gasteiger partial charge is 0.206 e. The van der Waals surface area contributed by atoms with E-state index in [1.165, 1.54) is 106 Å². The average molecular weight is 555 g/mol. The lowest BCUT2D eigenvalue weighted by Crippen LogP contribution is -2.16. The molecule has 0 atom stereocenters. The molecule has 0 spiro atoms. The zero-order chi connectivity index (χ0) is 27.6. The highest BCUT2D eigenvalue weighted by Gasteiger charge is 2.22. The zero-order valence-electron chi connectivity index (χ0n) is 23.3. The van der Waals surface area contributed by atoms with Crippen LogP contribution < -0.4 is 0 Å². The van der Waals surface area contributed by atoms with E-state index in [-0.39, 0.29) is 16.1 Å². The van der Waals surface area contributed by atoms with Crippen LogP contribution in [0.5, 0.6) is 0 Å². The molecule has 1 saturated carbocycles. The number of halogens is 4. The minimum absolute atomic E-state index is 0.0663. The van der Waals surface area contributed by atoms with Crippen molar-refractivity contribution < 1.29 is 13.2 Å². The van der Waals surface area contributed by atoms with Crippen molar-refractivity contribution in [2.24, 2.45) is 11.8 Å². The van der Waals surface area contributed by atoms with E-state index in [9.17, 15) is 13.2 Å². The predicted octanol–water partition coefficient (Wildman–Crippen LogP) is 11.3. The van der Waals surface area contributed by atoms with E-state index in [1.807, 2.05) is 0 Å². The van der Waals surface area contributed by atoms with Gasteiger partial charge in [0.2, 0.25) is 0 Å². The van der Waals surface area contributed by atoms with Gasteiger partial charge in [0.1, 0.15) is 17.5 Å². The van der Waals surface area contributed by atoms with E-state index in [0.29, 0.717) is 17.9 Å². The second kappa shape index (κ2) is 14.9. The molecule has 0 saturated heterocycles. The fourth-order valence-corrected chi connectivity index (χ4v) is 6.17. The number of hydrogen-bond donors (Lipinski definition) is 0. The third-order valence-electron chi connectivity index (χ3n) is 8.55. The van der Waals surface area contributed by atoms with Crippen molar-refractivity contribution >= 4 is 11.6 Å². The summed E-state index contributed by atoms with van der Waals surface area (Å²) in [5.41, 5.74) is 3.52. The number of aryl methyl sites for hydroxylation is 3. The van der Waals surface area contributed by atoms with Crippen LogP contribution in [0.25, 0.3) is 11.1 Å². The van der Waals surface area contributed by atoms with Gasteiger partial charge in [0.05, 0.1) is 10.6 Å². The molecule has 210 valence electrons. The van der Waals surface area contributed by atoms with Crippen molar-refractivity contribution in [3.05, 3.63) is 93.8 Å². The molecule has 3 aromatic carbocycles. The molecule has 3 aromatic rings. The van der Waals surface area contributed by atoms with Crippen LogP contribution in [0.15, 0.2) is 54.6 Å². The van der Waals surface area contributed by atoms with Crippen LogP contribution in [-0.2, 0) is 19.3 Å². The number of rotatable bonds is 13. The molecule has 0 bridgehead atoms. The minimum atomic E-state index is -0.686. The van der Waals surface area contributed by atoms with Gasteiger partial charge in [-0.3, -0.25) is 0 Å². The van der Waals surface area contributed by atoms with Crippen molar-refractivity contribution in [1.29, 1.82) is 0 Å². The summed E-state index contributed by atoms with van der Waals surface area (Å²) in [5.74, 6) is -0.623. The third-order valence-corrected chi connectivity index (χ3v) is 8.86. The van der Waals surface area contributed by atoms with E-state index in [0.717, 1.165) is 24.8 Å². The van der Waals surface area contributed by atoms with Crippen LogP contribution in [0.3, 0.4) is 0 Å². The molecule has 1 aliphatic rings. The van der Waals surface area contributed by atoms with Gasteiger partial charge in [-0.2, -0.15) is 0 Å². The Labute approximate surface area is 238 Å². The molecular weight excluding hydrogens is 513 g/mol. The van der Waals surface area contributed by atoms with Crippen molar-refractivity contribution in [2.45, 2.75) is 96.8 Å². The number of benzene rings is 3. The molecule has 0 radical (unpaired) electrons. The Bertz CT molecular complexity index is 1160. The van der Waals surface area contributed by atoms with Crippen molar-refractivity contribution in [1.82, 2.24) is 0 Å². The Morgan fingerprint density at radius 2 is 1.15 bits per heavy atom. The highest BCUT2D eigenvalue weighted by molar-refractivity contribution is 6.30. The van der Waals surface area contributed by atoms with E-state index < -0.39 is 17.5 Å². The molecule has 0 aromatic heterocycles. The predicted molar refractivity (Wildman–Crippen MR) is 158 cm³/mol. The van der Waals surface area contributed by atoms with Crippen molar-refractivity contribution in [2.75, 3.05) is 0 Å². The van der Waals surface area contributed by atoms with Gasteiger partial charge in [0.25, 0.3) is 0 Å². The van der Waals surface area contributed by atoms with Crippen LogP contribution in [0, 0.1) is 29.3 Å². The molecule has 0 N–H and O–H groups in total. The van der Waals surface area contributed by atoms with Crippen LogP contribution in [0.4, 0.5) is 13.2 Å². The first-order valence-electron chi connectivity index (χ1n) is 14.9. The monoisotopic (exact) mass is 554 g/mol. The minimum Gasteiger partial charge on any atom is -0.206 e. The average Bonchev–Trinajstić information content (AvgIpc) is 2.93. The smallest absolute Gasteiger partial charge is 0.142 e. The lowest BCUT2D eigenvalue weighted by atomic mass is 9.77. The van der Waals surface area contributed by atoms with Crippen LogP contribution >= 0.6 is 11.6 Å². The molecular formula is C35H42ClF3. The second-order valence-electron chi connectivity index (χ2n) is 11.5. The second-order valence-corrected chi connectivity index (χ2v) is 11.9. The summed E-state index contributed by atoms with van der Waals surface area (Å²) in [6, 6.07) is 15.9. The molecule has 4 rings (SSSR count). The molecule has 0 aliphatic heterocycles. The summed E-state index contributed by atoms with van der Waals surface area (Å²) in [6.07, 6.45) is 16.7. The standard InChI is InChI=1S/C35H42ClF3/c1-2-3-4-5-6-7-25-8-10-26(11-9-25)12-13-27-14-16-28(17-15-27)18-19-29-22-33(38)35(34(39)23-29)30-20-21-31(36)32(37)24-30/h8-11,20-24,27-28H,2-7,12-19H2,1H3/t27-,28-. The Balaban J connectivity index is 1.18. The molecule has 0 unspecified atom stereocenters. The quantitative estimate of drug-likeness (QED) is 0.184. The summed E-state index contributed by atoms with van der Waals surface area (Å²) in [7, 11) is 0. The fourth-order valence-electron chi connectivity index (χ4n) is 6.05. The van der Waals surface area contributed by atoms with Gasteiger partial charge >= 0.3 is 0 Å². The lowest BCUT2D eigenvalue weighted by Gasteiger charge is -2.28. The third kappa shape index (κ3) is 8.87. The SMILES string of the molecule is CCCCCCCc1ccc(CC[C@H]2CC[C@H](CCc3cc(F)c(-c4ccc(Cl)c(F)c4)c(F)c3)CC2)cc1. The van der Waals surface area contributed by atoms with Crippen LogP contribution in [0.1, 0.15) is 94.2 Å². The van der Waals surface area contributed by atoms with Gasteiger partial charge in [-0.05, 0) is 96.9 Å². The topological polar surface area (TPSA) is 0 Å². The summed E-state index contributed by atoms with van der Waals surface area (Å²) < 4.78 is 43.4. The maximum atomic E-state index is 14.8. The summed E-state index contributed by atoms with van der Waals surface area (Å²) >= 11 is 5.71. The Kier molecular flexibility index (Phi) is 11.4. The summed E-state index contributed by atoms with van der Waals surface area (Å²) in [4.78, 5) is 0. The molecule has 1 aliphatic carbocycles. The van der Waals surface area contributed by atoms with Gasteiger partial charge in [0, 0.05) is 0 Å². The van der Waals surface area contributed by atoms with Gasteiger partial charge in [-0.15, -0.1) is 0 Å². The summed E-state index contributed by atoms with van der Waals surface area (Å²) in [6.45, 7) is 2.26. The highest BCUT2D eigenvalue weighted by Crippen LogP contribution is 2.35. The molecule has 0 heterocycles. The lowest BCUT2D eigenvalue weighted by molar-refractivity contribution is 0.253. The van der Waals surface area contributed by atoms with Gasteiger partial charge in [-0.1, -0.05) is 100 Å². The van der Waals surface area contributed by atoms with Crippen molar-refractivity contribution in [3.63, 3.8) is 0 Å². The van der Waals surface area contributed by atoms with E-state index in [4.69, 9.17) is 11.6 Å². The van der Waals surface area contributed by atoms with Crippen LogP contribution in [-0.4, -0.2) is 0 Å². The molecule has 39 heavy (non-hydrogen) atoms. The molecule has 0 amide bonds. The Morgan fingerprint density at radius 1 is 0.615 bits per heavy atom. The fraction of sp³-hybridized carbons (Fsp3) is 0.486. The van der Waals surface area contributed by atoms with Gasteiger partial charge in [0.15, 0.2) is 0 Å². The summed E-state index contributed by atoms with van der Waals surface area (Å²) in [5, 5.41) is -0.0663.